The number of aromatic nitrogens is 6. The van der Waals surface area contributed by atoms with Gasteiger partial charge in [0.1, 0.15) is 22.1 Å². The lowest BCUT2D eigenvalue weighted by molar-refractivity contribution is 0.283. The number of hydrogen-bond acceptors (Lipinski definition) is 4. The van der Waals surface area contributed by atoms with Crippen molar-refractivity contribution in [3.8, 4) is 11.4 Å². The predicted octanol–water partition coefficient (Wildman–Crippen LogP) is 10.8. The van der Waals surface area contributed by atoms with Crippen LogP contribution in [-0.2, 0) is 17.3 Å². The molecule has 6 nitrogen and oxygen atoms in total. The minimum absolute atomic E-state index is 0.0577. The van der Waals surface area contributed by atoms with Crippen molar-refractivity contribution < 1.29 is 0 Å². The van der Waals surface area contributed by atoms with Gasteiger partial charge in [-0.1, -0.05) is 106 Å². The van der Waals surface area contributed by atoms with Crippen LogP contribution in [0.25, 0.3) is 33.4 Å². The monoisotopic (exact) mass is 654 g/mol. The summed E-state index contributed by atoms with van der Waals surface area (Å²) in [5, 5.41) is 19.8. The molecule has 0 aliphatic carbocycles. The lowest BCUT2D eigenvalue weighted by atomic mass is 9.71. The Morgan fingerprint density at radius 1 is 0.469 bits per heavy atom. The molecule has 0 saturated heterocycles. The summed E-state index contributed by atoms with van der Waals surface area (Å²) >= 11 is 0. The number of rotatable bonds is 8. The highest BCUT2D eigenvalue weighted by Crippen LogP contribution is 2.41. The molecule has 0 N–H and O–H groups in total. The summed E-state index contributed by atoms with van der Waals surface area (Å²) in [6, 6.07) is 25.8. The van der Waals surface area contributed by atoms with E-state index in [0.717, 1.165) is 52.7 Å². The van der Waals surface area contributed by atoms with Crippen molar-refractivity contribution in [3.05, 3.63) is 106 Å². The summed E-state index contributed by atoms with van der Waals surface area (Å²) in [6.07, 6.45) is 2.88. The zero-order valence-corrected chi connectivity index (χ0v) is 31.7. The van der Waals surface area contributed by atoms with E-state index in [9.17, 15) is 0 Å². The first-order valence-electron chi connectivity index (χ1n) is 17.7. The van der Waals surface area contributed by atoms with Gasteiger partial charge in [-0.25, -0.2) is 0 Å². The highest BCUT2D eigenvalue weighted by atomic mass is 15.5. The minimum atomic E-state index is -0.0577. The molecule has 4 aromatic carbocycles. The maximum absolute atomic E-state index is 4.95. The first-order chi connectivity index (χ1) is 22.8. The molecular formula is C43H54N6. The van der Waals surface area contributed by atoms with Gasteiger partial charge in [-0.2, -0.15) is 9.59 Å². The zero-order valence-electron chi connectivity index (χ0n) is 31.7. The Kier molecular flexibility index (Phi) is 8.62. The molecular weight excluding hydrogens is 601 g/mol. The van der Waals surface area contributed by atoms with Crippen molar-refractivity contribution in [2.75, 3.05) is 0 Å². The van der Waals surface area contributed by atoms with Crippen LogP contribution in [-0.4, -0.2) is 30.0 Å². The van der Waals surface area contributed by atoms with Crippen molar-refractivity contribution in [1.29, 1.82) is 0 Å². The summed E-state index contributed by atoms with van der Waals surface area (Å²) in [6.45, 7) is 27.9. The Balaban J connectivity index is 1.55. The Labute approximate surface area is 292 Å². The Morgan fingerprint density at radius 3 is 1.06 bits per heavy atom. The SMILES string of the molecule is Cc1c(Cc2cc(C(C)(C)CC(C)(C)C)cc(-n3nc4ccccc4n3)c2C)cc(C(C)(C)CC(C)(C)C)cc1-n1nc2ccccc2n1. The first kappa shape index (κ1) is 34.5. The van der Waals surface area contributed by atoms with E-state index in [0.29, 0.717) is 0 Å². The van der Waals surface area contributed by atoms with E-state index in [1.807, 2.05) is 58.1 Å². The van der Waals surface area contributed by atoms with Crippen LogP contribution in [0.1, 0.15) is 115 Å². The van der Waals surface area contributed by atoms with Gasteiger partial charge in [-0.15, -0.1) is 20.4 Å². The maximum atomic E-state index is 4.95. The van der Waals surface area contributed by atoms with Gasteiger partial charge < -0.3 is 0 Å². The number of fused-ring (bicyclic) bond motifs is 2. The molecule has 0 radical (unpaired) electrons. The van der Waals surface area contributed by atoms with Crippen LogP contribution in [0.5, 0.6) is 0 Å². The maximum Gasteiger partial charge on any atom is 0.113 e. The van der Waals surface area contributed by atoms with E-state index in [-0.39, 0.29) is 21.7 Å². The smallest absolute Gasteiger partial charge is 0.113 e. The number of nitrogens with zero attached hydrogens (tertiary/aromatic N) is 6. The molecule has 0 saturated carbocycles. The van der Waals surface area contributed by atoms with E-state index >= 15 is 0 Å². The van der Waals surface area contributed by atoms with Gasteiger partial charge >= 0.3 is 0 Å². The molecule has 0 aliphatic rings. The lowest BCUT2D eigenvalue weighted by Gasteiger charge is -2.34. The van der Waals surface area contributed by atoms with Crippen LogP contribution in [0.4, 0.5) is 0 Å². The van der Waals surface area contributed by atoms with Gasteiger partial charge in [0.15, 0.2) is 0 Å². The van der Waals surface area contributed by atoms with Crippen molar-refractivity contribution in [1.82, 2.24) is 30.0 Å². The molecule has 6 aromatic rings. The zero-order chi connectivity index (χ0) is 35.5. The van der Waals surface area contributed by atoms with Crippen LogP contribution < -0.4 is 0 Å². The molecule has 0 fully saturated rings. The molecule has 0 bridgehead atoms. The fraction of sp³-hybridized carbons (Fsp3) is 0.442. The van der Waals surface area contributed by atoms with Crippen LogP contribution in [0.15, 0.2) is 72.8 Å². The molecule has 6 heteroatoms. The van der Waals surface area contributed by atoms with Gasteiger partial charge in [-0.3, -0.25) is 0 Å². The summed E-state index contributed by atoms with van der Waals surface area (Å²) in [5.74, 6) is 0. The third-order valence-electron chi connectivity index (χ3n) is 9.87. The van der Waals surface area contributed by atoms with Gasteiger partial charge in [0.2, 0.25) is 0 Å². The summed E-state index contributed by atoms with van der Waals surface area (Å²) < 4.78 is 0. The average molecular weight is 655 g/mol. The average Bonchev–Trinajstić information content (AvgIpc) is 3.61. The summed E-state index contributed by atoms with van der Waals surface area (Å²) in [5.41, 5.74) is 13.5. The molecule has 0 aliphatic heterocycles. The van der Waals surface area contributed by atoms with E-state index < -0.39 is 0 Å². The largest absolute Gasteiger partial charge is 0.150 e. The standard InChI is InChI=1S/C43H54N6/c1-28-30(22-32(42(9,10)26-40(3,4)5)24-38(28)48-44-34-17-13-14-18-35(34)45-48)21-31-23-33(43(11,12)27-41(6,7)8)25-39(29(31)2)49-46-36-19-15-16-20-37(36)47-49/h13-20,22-25H,21,26-27H2,1-12H3. The molecule has 49 heavy (non-hydrogen) atoms. The van der Waals surface area contributed by atoms with Crippen molar-refractivity contribution in [3.63, 3.8) is 0 Å². The molecule has 0 atom stereocenters. The second kappa shape index (κ2) is 12.2. The highest BCUT2D eigenvalue weighted by molar-refractivity contribution is 5.74. The molecule has 256 valence electrons. The minimum Gasteiger partial charge on any atom is -0.150 e. The quantitative estimate of drug-likeness (QED) is 0.164. The van der Waals surface area contributed by atoms with Crippen molar-refractivity contribution in [2.24, 2.45) is 10.8 Å². The van der Waals surface area contributed by atoms with Crippen LogP contribution >= 0.6 is 0 Å². The van der Waals surface area contributed by atoms with Gasteiger partial charge in [-0.05, 0) is 125 Å². The Morgan fingerprint density at radius 2 is 0.776 bits per heavy atom. The lowest BCUT2D eigenvalue weighted by Crippen LogP contribution is -2.26. The van der Waals surface area contributed by atoms with Crippen LogP contribution in [0.2, 0.25) is 0 Å². The summed E-state index contributed by atoms with van der Waals surface area (Å²) in [7, 11) is 0. The van der Waals surface area contributed by atoms with E-state index in [1.54, 1.807) is 0 Å². The topological polar surface area (TPSA) is 61.4 Å². The molecule has 2 aromatic heterocycles. The normalized spacial score (nSPS) is 13.1. The first-order valence-corrected chi connectivity index (χ1v) is 17.7. The highest BCUT2D eigenvalue weighted by Gasteiger charge is 2.31. The van der Waals surface area contributed by atoms with Gasteiger partial charge in [0.05, 0.1) is 11.4 Å². The fourth-order valence-electron chi connectivity index (χ4n) is 8.08. The fourth-order valence-corrected chi connectivity index (χ4v) is 8.08. The van der Waals surface area contributed by atoms with E-state index in [1.165, 1.54) is 33.4 Å². The molecule has 0 amide bonds. The number of benzene rings is 4. The summed E-state index contributed by atoms with van der Waals surface area (Å²) in [4.78, 5) is 3.70. The van der Waals surface area contributed by atoms with E-state index in [4.69, 9.17) is 20.4 Å². The third kappa shape index (κ3) is 7.34. The molecule has 2 heterocycles. The predicted molar refractivity (Wildman–Crippen MR) is 204 cm³/mol. The Hall–Kier alpha value is -4.32. The molecule has 6 rings (SSSR count). The van der Waals surface area contributed by atoms with E-state index in [2.05, 4.69) is 107 Å². The van der Waals surface area contributed by atoms with Crippen molar-refractivity contribution in [2.45, 2.75) is 113 Å². The van der Waals surface area contributed by atoms with Crippen LogP contribution in [0, 0.1) is 24.7 Å². The van der Waals surface area contributed by atoms with Crippen molar-refractivity contribution >= 4 is 22.1 Å². The second-order valence-electron chi connectivity index (χ2n) is 17.9. The number of hydrogen-bond donors (Lipinski definition) is 0. The second-order valence-corrected chi connectivity index (χ2v) is 17.9. The third-order valence-corrected chi connectivity index (χ3v) is 9.87. The molecule has 0 spiro atoms. The van der Waals surface area contributed by atoms with Gasteiger partial charge in [0, 0.05) is 0 Å². The van der Waals surface area contributed by atoms with Crippen LogP contribution in [0.3, 0.4) is 0 Å². The molecule has 0 unspecified atom stereocenters. The Bertz CT molecular complexity index is 1930. The van der Waals surface area contributed by atoms with Gasteiger partial charge in [0.25, 0.3) is 0 Å².